The third kappa shape index (κ3) is 6.04. The van der Waals surface area contributed by atoms with Gasteiger partial charge in [0.15, 0.2) is 0 Å². The molecular weight excluding hydrogens is 530 g/mol. The number of nitrogens with zero attached hydrogens (tertiary/aromatic N) is 1. The van der Waals surface area contributed by atoms with Crippen molar-refractivity contribution in [1.82, 2.24) is 15.5 Å². The molecule has 3 aliphatic rings. The minimum Gasteiger partial charge on any atom is -0.481 e. The normalized spacial score (nSPS) is 21.0. The average Bonchev–Trinajstić information content (AvgIpc) is 3.29. The summed E-state index contributed by atoms with van der Waals surface area (Å²) in [7, 11) is 0. The molecule has 2 aliphatic carbocycles. The summed E-state index contributed by atoms with van der Waals surface area (Å²) in [5.41, 5.74) is 5.12. The number of likely N-dealkylation sites (tertiary alicyclic amines) is 1. The number of alkyl carbamates (subject to hydrolysis) is 1. The minimum absolute atomic E-state index is 0.0454. The average molecular weight is 568 g/mol. The molecule has 1 saturated carbocycles. The van der Waals surface area contributed by atoms with Gasteiger partial charge in [-0.25, -0.2) is 4.79 Å². The first-order valence-electron chi connectivity index (χ1n) is 14.8. The minimum atomic E-state index is -0.820. The molecule has 0 aromatic heterocycles. The summed E-state index contributed by atoms with van der Waals surface area (Å²) < 4.78 is 5.86. The Kier molecular flexibility index (Phi) is 7.98. The second-order valence-electron chi connectivity index (χ2n) is 11.9. The van der Waals surface area contributed by atoms with Crippen LogP contribution in [0, 0.1) is 5.92 Å². The van der Waals surface area contributed by atoms with Crippen molar-refractivity contribution < 1.29 is 24.2 Å². The maximum atomic E-state index is 13.3. The monoisotopic (exact) mass is 567 g/mol. The van der Waals surface area contributed by atoms with Crippen LogP contribution in [-0.2, 0) is 20.9 Å². The van der Waals surface area contributed by atoms with Gasteiger partial charge in [-0.3, -0.25) is 14.5 Å². The highest BCUT2D eigenvalue weighted by Crippen LogP contribution is 2.44. The smallest absolute Gasteiger partial charge is 0.407 e. The first kappa shape index (κ1) is 28.0. The van der Waals surface area contributed by atoms with Gasteiger partial charge < -0.3 is 20.5 Å². The van der Waals surface area contributed by atoms with Crippen molar-refractivity contribution in [3.63, 3.8) is 0 Å². The molecule has 8 nitrogen and oxygen atoms in total. The summed E-state index contributed by atoms with van der Waals surface area (Å²) in [5, 5.41) is 15.3. The summed E-state index contributed by atoms with van der Waals surface area (Å²) >= 11 is 0. The van der Waals surface area contributed by atoms with Gasteiger partial charge in [-0.15, -0.1) is 0 Å². The van der Waals surface area contributed by atoms with Crippen LogP contribution in [0.3, 0.4) is 0 Å². The highest BCUT2D eigenvalue weighted by molar-refractivity contribution is 5.81. The Bertz CT molecular complexity index is 1400. The quantitative estimate of drug-likeness (QED) is 0.339. The Hall–Kier alpha value is -4.17. The first-order valence-corrected chi connectivity index (χ1v) is 14.8. The highest BCUT2D eigenvalue weighted by Gasteiger charge is 2.41. The standard InChI is InChI=1S/C34H37N3O5/c38-31(35-25-18-24(19-25)32(39)40)20-34(14-16-37(17-15-34)21-23-8-2-1-3-9-23)36-33(41)42-22-30-28-12-6-4-10-26(28)27-11-5-7-13-29(27)30/h1-13,24-25,30H,14-22H2,(H,35,38)(H,36,41)(H,39,40). The molecule has 0 bridgehead atoms. The van der Waals surface area contributed by atoms with Crippen LogP contribution in [0.4, 0.5) is 4.79 Å². The Balaban J connectivity index is 1.11. The van der Waals surface area contributed by atoms with Gasteiger partial charge in [0.2, 0.25) is 5.91 Å². The van der Waals surface area contributed by atoms with Crippen LogP contribution in [0.25, 0.3) is 11.1 Å². The predicted molar refractivity (Wildman–Crippen MR) is 159 cm³/mol. The number of fused-ring (bicyclic) bond motifs is 3. The number of hydrogen-bond donors (Lipinski definition) is 3. The predicted octanol–water partition coefficient (Wildman–Crippen LogP) is 4.93. The van der Waals surface area contributed by atoms with Gasteiger partial charge in [-0.05, 0) is 53.5 Å². The largest absolute Gasteiger partial charge is 0.481 e. The number of hydrogen-bond acceptors (Lipinski definition) is 5. The molecule has 0 unspecified atom stereocenters. The maximum absolute atomic E-state index is 13.3. The zero-order valence-corrected chi connectivity index (χ0v) is 23.6. The van der Waals surface area contributed by atoms with Crippen molar-refractivity contribution in [2.45, 2.75) is 56.1 Å². The Morgan fingerprint density at radius 1 is 0.857 bits per heavy atom. The Labute approximate surface area is 246 Å². The van der Waals surface area contributed by atoms with Gasteiger partial charge in [-0.1, -0.05) is 78.9 Å². The molecule has 218 valence electrons. The number of nitrogens with one attached hydrogen (secondary N) is 2. The molecule has 0 spiro atoms. The highest BCUT2D eigenvalue weighted by atomic mass is 16.5. The summed E-state index contributed by atoms with van der Waals surface area (Å²) in [4.78, 5) is 40.0. The lowest BCUT2D eigenvalue weighted by Crippen LogP contribution is -2.58. The summed E-state index contributed by atoms with van der Waals surface area (Å²) in [6.07, 6.45) is 1.72. The summed E-state index contributed by atoms with van der Waals surface area (Å²) in [6.45, 7) is 2.49. The van der Waals surface area contributed by atoms with Crippen molar-refractivity contribution in [1.29, 1.82) is 0 Å². The van der Waals surface area contributed by atoms with Crippen LogP contribution in [0.5, 0.6) is 0 Å². The van der Waals surface area contributed by atoms with E-state index < -0.39 is 23.5 Å². The van der Waals surface area contributed by atoms with Crippen LogP contribution < -0.4 is 10.6 Å². The molecule has 3 aromatic carbocycles. The lowest BCUT2D eigenvalue weighted by molar-refractivity contribution is -0.146. The van der Waals surface area contributed by atoms with E-state index >= 15 is 0 Å². The van der Waals surface area contributed by atoms with E-state index in [0.29, 0.717) is 25.7 Å². The fourth-order valence-electron chi connectivity index (χ4n) is 6.70. The van der Waals surface area contributed by atoms with Crippen molar-refractivity contribution in [3.05, 3.63) is 95.6 Å². The van der Waals surface area contributed by atoms with Crippen LogP contribution in [0.2, 0.25) is 0 Å². The molecule has 2 amide bonds. The van der Waals surface area contributed by atoms with Gasteiger partial charge in [0, 0.05) is 38.0 Å². The van der Waals surface area contributed by atoms with Gasteiger partial charge in [0.1, 0.15) is 6.61 Å². The van der Waals surface area contributed by atoms with Crippen LogP contribution in [0.1, 0.15) is 54.7 Å². The van der Waals surface area contributed by atoms with E-state index in [4.69, 9.17) is 4.74 Å². The molecular formula is C34H37N3O5. The van der Waals surface area contributed by atoms with E-state index in [1.54, 1.807) is 0 Å². The maximum Gasteiger partial charge on any atom is 0.407 e. The molecule has 1 heterocycles. The van der Waals surface area contributed by atoms with E-state index in [9.17, 15) is 19.5 Å². The number of carbonyl (C=O) groups is 3. The molecule has 0 radical (unpaired) electrons. The lowest BCUT2D eigenvalue weighted by Gasteiger charge is -2.42. The van der Waals surface area contributed by atoms with E-state index in [1.807, 2.05) is 42.5 Å². The van der Waals surface area contributed by atoms with Gasteiger partial charge in [0.05, 0.1) is 11.5 Å². The zero-order chi connectivity index (χ0) is 29.1. The molecule has 3 N–H and O–H groups in total. The molecule has 1 aliphatic heterocycles. The second-order valence-corrected chi connectivity index (χ2v) is 11.9. The third-order valence-corrected chi connectivity index (χ3v) is 9.12. The zero-order valence-electron chi connectivity index (χ0n) is 23.6. The molecule has 3 aromatic rings. The molecule has 1 saturated heterocycles. The summed E-state index contributed by atoms with van der Waals surface area (Å²) in [6, 6.07) is 26.6. The number of carbonyl (C=O) groups excluding carboxylic acids is 2. The van der Waals surface area contributed by atoms with Crippen molar-refractivity contribution in [2.75, 3.05) is 19.7 Å². The van der Waals surface area contributed by atoms with Crippen LogP contribution in [-0.4, -0.2) is 59.3 Å². The molecule has 2 fully saturated rings. The number of carboxylic acid groups (broad SMARTS) is 1. The number of carboxylic acids is 1. The van der Waals surface area contributed by atoms with Crippen molar-refractivity contribution in [3.8, 4) is 11.1 Å². The van der Waals surface area contributed by atoms with Crippen molar-refractivity contribution >= 4 is 18.0 Å². The fourth-order valence-corrected chi connectivity index (χ4v) is 6.70. The molecule has 6 rings (SSSR count). The molecule has 42 heavy (non-hydrogen) atoms. The molecule has 8 heteroatoms. The summed E-state index contributed by atoms with van der Waals surface area (Å²) in [5.74, 6) is -1.43. The van der Waals surface area contributed by atoms with Gasteiger partial charge in [0.25, 0.3) is 0 Å². The Morgan fingerprint density at radius 3 is 2.07 bits per heavy atom. The first-order chi connectivity index (χ1) is 20.4. The second kappa shape index (κ2) is 12.0. The fraction of sp³-hybridized carbons (Fsp3) is 0.382. The lowest BCUT2D eigenvalue weighted by atomic mass is 9.79. The number of ether oxygens (including phenoxy) is 1. The topological polar surface area (TPSA) is 108 Å². The van der Waals surface area contributed by atoms with E-state index in [-0.39, 0.29) is 30.9 Å². The van der Waals surface area contributed by atoms with Crippen LogP contribution >= 0.6 is 0 Å². The van der Waals surface area contributed by atoms with Gasteiger partial charge >= 0.3 is 12.1 Å². The van der Waals surface area contributed by atoms with Gasteiger partial charge in [-0.2, -0.15) is 0 Å². The van der Waals surface area contributed by atoms with E-state index in [1.165, 1.54) is 16.7 Å². The van der Waals surface area contributed by atoms with Crippen LogP contribution in [0.15, 0.2) is 78.9 Å². The third-order valence-electron chi connectivity index (χ3n) is 9.12. The SMILES string of the molecule is O=C(CC1(NC(=O)OCC2c3ccccc3-c3ccccc32)CCN(Cc2ccccc2)CC1)NC1CC(C(=O)O)C1. The van der Waals surface area contributed by atoms with E-state index in [2.05, 4.69) is 51.9 Å². The van der Waals surface area contributed by atoms with Crippen molar-refractivity contribution in [2.24, 2.45) is 5.92 Å². The Morgan fingerprint density at radius 2 is 1.45 bits per heavy atom. The number of rotatable bonds is 9. The number of benzene rings is 3. The molecule has 0 atom stereocenters. The van der Waals surface area contributed by atoms with E-state index in [0.717, 1.165) is 30.8 Å². The number of amides is 2. The number of piperidine rings is 1. The number of aliphatic carboxylic acids is 1.